The second-order valence-corrected chi connectivity index (χ2v) is 8.39. The van der Waals surface area contributed by atoms with E-state index in [-0.39, 0.29) is 42.5 Å². The fourth-order valence-corrected chi connectivity index (χ4v) is 3.79. The highest BCUT2D eigenvalue weighted by molar-refractivity contribution is 14.0. The van der Waals surface area contributed by atoms with Crippen molar-refractivity contribution in [3.63, 3.8) is 0 Å². The number of hydrogen-bond donors (Lipinski definition) is 2. The predicted octanol–water partition coefficient (Wildman–Crippen LogP) is 2.79. The quantitative estimate of drug-likeness (QED) is 0.275. The molecule has 1 aliphatic carbocycles. The molecule has 1 unspecified atom stereocenters. The number of rotatable bonds is 9. The van der Waals surface area contributed by atoms with E-state index in [4.69, 9.17) is 19.2 Å². The molecule has 2 fully saturated rings. The zero-order valence-electron chi connectivity index (χ0n) is 19.4. The molecule has 0 radical (unpaired) electrons. The van der Waals surface area contributed by atoms with Crippen LogP contribution in [0.2, 0.25) is 0 Å². The zero-order valence-corrected chi connectivity index (χ0v) is 21.7. The lowest BCUT2D eigenvalue weighted by atomic mass is 10.1. The molecule has 0 bridgehead atoms. The monoisotopic (exact) mass is 560 g/mol. The Morgan fingerprint density at radius 1 is 1.22 bits per heavy atom. The average molecular weight is 560 g/mol. The Kier molecular flexibility index (Phi) is 11.4. The Labute approximate surface area is 208 Å². The van der Waals surface area contributed by atoms with Crippen molar-refractivity contribution in [1.29, 1.82) is 0 Å². The molecular formula is C23H37IN4O4. The second-order valence-electron chi connectivity index (χ2n) is 8.39. The van der Waals surface area contributed by atoms with Gasteiger partial charge in [-0.05, 0) is 38.2 Å². The predicted molar refractivity (Wildman–Crippen MR) is 136 cm³/mol. The van der Waals surface area contributed by atoms with Crippen LogP contribution in [0.15, 0.2) is 23.2 Å². The molecule has 1 saturated carbocycles. The van der Waals surface area contributed by atoms with Crippen LogP contribution in [-0.4, -0.2) is 70.4 Å². The molecule has 0 spiro atoms. The number of benzene rings is 1. The number of hydrogen-bond acceptors (Lipinski definition) is 5. The Balaban J connectivity index is 0.00000363. The normalized spacial score (nSPS) is 18.7. The zero-order chi connectivity index (χ0) is 22.1. The summed E-state index contributed by atoms with van der Waals surface area (Å²) in [4.78, 5) is 18.3. The van der Waals surface area contributed by atoms with Gasteiger partial charge in [-0.3, -0.25) is 4.79 Å². The van der Waals surface area contributed by atoms with Gasteiger partial charge >= 0.3 is 0 Å². The minimum Gasteiger partial charge on any atom is -0.493 e. The van der Waals surface area contributed by atoms with E-state index in [0.717, 1.165) is 56.1 Å². The van der Waals surface area contributed by atoms with E-state index in [1.165, 1.54) is 12.8 Å². The van der Waals surface area contributed by atoms with Crippen LogP contribution in [0.1, 0.15) is 37.7 Å². The summed E-state index contributed by atoms with van der Waals surface area (Å²) in [5.41, 5.74) is 0.968. The van der Waals surface area contributed by atoms with Gasteiger partial charge in [0.1, 0.15) is 0 Å². The summed E-state index contributed by atoms with van der Waals surface area (Å²) in [6.45, 7) is 2.92. The molecule has 1 aliphatic heterocycles. The third-order valence-corrected chi connectivity index (χ3v) is 5.76. The molecule has 180 valence electrons. The summed E-state index contributed by atoms with van der Waals surface area (Å²) in [6.07, 6.45) is 5.82. The van der Waals surface area contributed by atoms with E-state index in [1.807, 2.05) is 18.2 Å². The number of ether oxygens (including phenoxy) is 3. The van der Waals surface area contributed by atoms with E-state index >= 15 is 0 Å². The van der Waals surface area contributed by atoms with Crippen LogP contribution in [0.5, 0.6) is 11.5 Å². The second kappa shape index (κ2) is 13.7. The van der Waals surface area contributed by atoms with Gasteiger partial charge in [-0.1, -0.05) is 12.1 Å². The number of likely N-dealkylation sites (N-methyl/N-ethyl adjacent to an activating group) is 1. The van der Waals surface area contributed by atoms with E-state index in [1.54, 1.807) is 26.1 Å². The molecule has 1 atom stereocenters. The molecular weight excluding hydrogens is 523 g/mol. The van der Waals surface area contributed by atoms with Gasteiger partial charge in [-0.15, -0.1) is 24.0 Å². The molecule has 1 aromatic rings. The summed E-state index contributed by atoms with van der Waals surface area (Å²) in [5.74, 6) is 2.55. The highest BCUT2D eigenvalue weighted by Gasteiger charge is 2.21. The number of amides is 1. The van der Waals surface area contributed by atoms with E-state index in [0.29, 0.717) is 18.4 Å². The van der Waals surface area contributed by atoms with Crippen molar-refractivity contribution in [2.45, 2.75) is 44.8 Å². The van der Waals surface area contributed by atoms with Crippen molar-refractivity contribution in [2.24, 2.45) is 10.9 Å². The van der Waals surface area contributed by atoms with Gasteiger partial charge in [0.05, 0.1) is 32.9 Å². The maximum absolute atomic E-state index is 12.0. The number of nitrogens with one attached hydrogen (secondary N) is 2. The fourth-order valence-electron chi connectivity index (χ4n) is 3.79. The molecule has 0 aromatic heterocycles. The molecule has 1 amide bonds. The molecule has 1 aromatic carbocycles. The van der Waals surface area contributed by atoms with Gasteiger partial charge in [-0.2, -0.15) is 0 Å². The minimum absolute atomic E-state index is 0. The number of methoxy groups -OCH3 is 1. The third kappa shape index (κ3) is 7.99. The van der Waals surface area contributed by atoms with Gasteiger partial charge < -0.3 is 29.7 Å². The van der Waals surface area contributed by atoms with Gasteiger partial charge in [0.2, 0.25) is 5.91 Å². The molecule has 1 saturated heterocycles. The van der Waals surface area contributed by atoms with Crippen molar-refractivity contribution < 1.29 is 19.0 Å². The van der Waals surface area contributed by atoms with Crippen LogP contribution < -0.4 is 20.1 Å². The van der Waals surface area contributed by atoms with Gasteiger partial charge in [0.25, 0.3) is 0 Å². The summed E-state index contributed by atoms with van der Waals surface area (Å²) >= 11 is 0. The number of carbonyl (C=O) groups excluding carboxylic acids is 1. The highest BCUT2D eigenvalue weighted by atomic mass is 127. The standard InChI is InChI=1S/C23H36N4O4.HI/c1-27(2)21(28)15-26-23(24-13-17-11-12-30-16-17)25-14-18-7-6-10-20(29-3)22(18)31-19-8-4-5-9-19;/h6-7,10,17,19H,4-5,8-9,11-16H2,1-3H3,(H2,24,25,26);1H. The lowest BCUT2D eigenvalue weighted by Crippen LogP contribution is -2.44. The maximum Gasteiger partial charge on any atom is 0.241 e. The van der Waals surface area contributed by atoms with Crippen LogP contribution in [0, 0.1) is 5.92 Å². The number of halogens is 1. The first-order valence-electron chi connectivity index (χ1n) is 11.2. The van der Waals surface area contributed by atoms with Crippen molar-refractivity contribution in [3.05, 3.63) is 23.8 Å². The minimum atomic E-state index is -0.00895. The average Bonchev–Trinajstić information content (AvgIpc) is 3.47. The first-order valence-corrected chi connectivity index (χ1v) is 11.2. The van der Waals surface area contributed by atoms with E-state index in [9.17, 15) is 4.79 Å². The Hall–Kier alpha value is -1.75. The van der Waals surface area contributed by atoms with Crippen molar-refractivity contribution in [3.8, 4) is 11.5 Å². The van der Waals surface area contributed by atoms with Crippen molar-refractivity contribution in [1.82, 2.24) is 15.5 Å². The molecule has 1 heterocycles. The molecule has 9 heteroatoms. The van der Waals surface area contributed by atoms with Gasteiger partial charge in [-0.25, -0.2) is 4.99 Å². The first kappa shape index (κ1) is 26.5. The Morgan fingerprint density at radius 2 is 2.00 bits per heavy atom. The van der Waals surface area contributed by atoms with Crippen LogP contribution in [0.4, 0.5) is 0 Å². The number of carbonyl (C=O) groups is 1. The fraction of sp³-hybridized carbons (Fsp3) is 0.652. The summed E-state index contributed by atoms with van der Waals surface area (Å²) in [6, 6.07) is 5.89. The Bertz CT molecular complexity index is 748. The summed E-state index contributed by atoms with van der Waals surface area (Å²) in [5, 5.41) is 6.51. The molecule has 2 aliphatic rings. The number of aliphatic imine (C=N–C) groups is 1. The van der Waals surface area contributed by atoms with E-state index in [2.05, 4.69) is 10.6 Å². The maximum atomic E-state index is 12.0. The van der Waals surface area contributed by atoms with Crippen LogP contribution in [-0.2, 0) is 16.1 Å². The van der Waals surface area contributed by atoms with Crippen molar-refractivity contribution in [2.75, 3.05) is 47.5 Å². The lowest BCUT2D eigenvalue weighted by Gasteiger charge is -2.19. The SMILES string of the molecule is COc1cccc(CN=C(NCC(=O)N(C)C)NCC2CCOC2)c1OC1CCCC1.I. The smallest absolute Gasteiger partial charge is 0.241 e. The summed E-state index contributed by atoms with van der Waals surface area (Å²) in [7, 11) is 5.15. The molecule has 3 rings (SSSR count). The number of guanidine groups is 1. The number of nitrogens with zero attached hydrogens (tertiary/aromatic N) is 2. The summed E-state index contributed by atoms with van der Waals surface area (Å²) < 4.78 is 17.3. The number of para-hydroxylation sites is 1. The third-order valence-electron chi connectivity index (χ3n) is 5.76. The highest BCUT2D eigenvalue weighted by Crippen LogP contribution is 2.35. The molecule has 8 nitrogen and oxygen atoms in total. The molecule has 2 N–H and O–H groups in total. The van der Waals surface area contributed by atoms with Crippen LogP contribution in [0.3, 0.4) is 0 Å². The van der Waals surface area contributed by atoms with Crippen LogP contribution in [0.25, 0.3) is 0 Å². The van der Waals surface area contributed by atoms with Gasteiger partial charge in [0.15, 0.2) is 17.5 Å². The largest absolute Gasteiger partial charge is 0.493 e. The van der Waals surface area contributed by atoms with Crippen LogP contribution >= 0.6 is 24.0 Å². The molecule has 32 heavy (non-hydrogen) atoms. The van der Waals surface area contributed by atoms with Crippen molar-refractivity contribution >= 4 is 35.8 Å². The first-order chi connectivity index (χ1) is 15.1. The lowest BCUT2D eigenvalue weighted by molar-refractivity contribution is -0.127. The topological polar surface area (TPSA) is 84.4 Å². The Morgan fingerprint density at radius 3 is 2.66 bits per heavy atom. The van der Waals surface area contributed by atoms with E-state index < -0.39 is 0 Å². The van der Waals surface area contributed by atoms with Gasteiger partial charge in [0, 0.05) is 38.7 Å².